The number of rotatable bonds is 6. The molecule has 7 nitrogen and oxygen atoms in total. The van der Waals surface area contributed by atoms with Crippen molar-refractivity contribution in [2.24, 2.45) is 5.10 Å². The van der Waals surface area contributed by atoms with E-state index in [9.17, 15) is 4.79 Å². The molecule has 0 radical (unpaired) electrons. The Labute approximate surface area is 141 Å². The van der Waals surface area contributed by atoms with Crippen molar-refractivity contribution in [3.63, 3.8) is 0 Å². The highest BCUT2D eigenvalue weighted by molar-refractivity contribution is 5.83. The van der Waals surface area contributed by atoms with Crippen LogP contribution in [0.25, 0.3) is 0 Å². The van der Waals surface area contributed by atoms with Gasteiger partial charge in [-0.15, -0.1) is 10.2 Å². The Balaban J connectivity index is 2.10. The third kappa shape index (κ3) is 4.65. The van der Waals surface area contributed by atoms with Crippen molar-refractivity contribution in [2.75, 3.05) is 12.0 Å². The van der Waals surface area contributed by atoms with Gasteiger partial charge in [0.15, 0.2) is 0 Å². The molecule has 0 saturated heterocycles. The summed E-state index contributed by atoms with van der Waals surface area (Å²) in [5.74, 6) is 0.948. The van der Waals surface area contributed by atoms with E-state index in [-0.39, 0.29) is 16.9 Å². The van der Waals surface area contributed by atoms with Gasteiger partial charge in [-0.25, -0.2) is 5.43 Å². The van der Waals surface area contributed by atoms with Crippen LogP contribution in [0.4, 0.5) is 5.95 Å². The minimum absolute atomic E-state index is 0.191. The second kappa shape index (κ2) is 7.72. The molecule has 0 amide bonds. The molecule has 0 unspecified atom stereocenters. The van der Waals surface area contributed by atoms with Crippen molar-refractivity contribution in [2.45, 2.75) is 39.5 Å². The molecule has 0 bridgehead atoms. The summed E-state index contributed by atoms with van der Waals surface area (Å²) in [7, 11) is 0. The fourth-order valence-corrected chi connectivity index (χ4v) is 1.97. The number of hydrogen-bond acceptors (Lipinski definition) is 6. The van der Waals surface area contributed by atoms with E-state index in [4.69, 9.17) is 4.74 Å². The third-order valence-electron chi connectivity index (χ3n) is 3.16. The Morgan fingerprint density at radius 3 is 2.71 bits per heavy atom. The molecule has 24 heavy (non-hydrogen) atoms. The summed E-state index contributed by atoms with van der Waals surface area (Å²) < 4.78 is 5.66. The average Bonchev–Trinajstić information content (AvgIpc) is 2.53. The maximum Gasteiger partial charge on any atom is 0.274 e. The molecular weight excluding hydrogens is 306 g/mol. The fourth-order valence-electron chi connectivity index (χ4n) is 1.97. The Bertz CT molecular complexity index is 762. The molecule has 0 aliphatic heterocycles. The van der Waals surface area contributed by atoms with Crippen LogP contribution in [0.5, 0.6) is 5.75 Å². The predicted octanol–water partition coefficient (Wildman–Crippen LogP) is 2.70. The molecule has 2 rings (SSSR count). The summed E-state index contributed by atoms with van der Waals surface area (Å²) in [6.07, 6.45) is 2.54. The Kier molecular flexibility index (Phi) is 5.68. The van der Waals surface area contributed by atoms with Gasteiger partial charge in [-0.05, 0) is 18.6 Å². The molecular formula is C17H23N5O2. The molecule has 128 valence electrons. The van der Waals surface area contributed by atoms with Gasteiger partial charge in [-0.1, -0.05) is 39.8 Å². The van der Waals surface area contributed by atoms with Crippen LogP contribution in [-0.4, -0.2) is 28.0 Å². The van der Waals surface area contributed by atoms with Gasteiger partial charge < -0.3 is 4.74 Å². The molecule has 0 fully saturated rings. The highest BCUT2D eigenvalue weighted by Gasteiger charge is 2.20. The number of ether oxygens (including phenoxy) is 1. The molecule has 0 atom stereocenters. The topological polar surface area (TPSA) is 92.3 Å². The summed E-state index contributed by atoms with van der Waals surface area (Å²) in [4.78, 5) is 14.7. The quantitative estimate of drug-likeness (QED) is 0.628. The zero-order valence-corrected chi connectivity index (χ0v) is 14.5. The predicted molar refractivity (Wildman–Crippen MR) is 94.8 cm³/mol. The number of nitrogens with zero attached hydrogens (tertiary/aromatic N) is 3. The molecule has 0 aliphatic carbocycles. The van der Waals surface area contributed by atoms with E-state index >= 15 is 0 Å². The normalized spacial score (nSPS) is 11.7. The number of nitrogens with one attached hydrogen (secondary N) is 2. The second-order valence-corrected chi connectivity index (χ2v) is 6.36. The van der Waals surface area contributed by atoms with E-state index in [1.807, 2.05) is 45.0 Å². The number of para-hydroxylation sites is 1. The van der Waals surface area contributed by atoms with Crippen LogP contribution in [0.2, 0.25) is 0 Å². The molecule has 0 spiro atoms. The van der Waals surface area contributed by atoms with Crippen LogP contribution in [0, 0.1) is 0 Å². The number of aromatic nitrogens is 3. The minimum atomic E-state index is -0.363. The number of benzene rings is 1. The molecule has 1 aromatic heterocycles. The SMILES string of the molecule is CCCOc1ccccc1/C=N/Nc1nnc(C(C)(C)C)c(=O)[nH]1. The van der Waals surface area contributed by atoms with E-state index in [1.54, 1.807) is 6.21 Å². The zero-order valence-electron chi connectivity index (χ0n) is 14.5. The molecule has 7 heteroatoms. The van der Waals surface area contributed by atoms with Crippen LogP contribution in [0.1, 0.15) is 45.4 Å². The number of aromatic amines is 1. The Morgan fingerprint density at radius 2 is 2.04 bits per heavy atom. The van der Waals surface area contributed by atoms with Crippen molar-refractivity contribution in [3.8, 4) is 5.75 Å². The van der Waals surface area contributed by atoms with E-state index < -0.39 is 0 Å². The lowest BCUT2D eigenvalue weighted by molar-refractivity contribution is 0.317. The monoisotopic (exact) mass is 329 g/mol. The molecule has 1 aromatic carbocycles. The summed E-state index contributed by atoms with van der Waals surface area (Å²) in [6, 6.07) is 7.59. The van der Waals surface area contributed by atoms with Crippen molar-refractivity contribution in [1.29, 1.82) is 0 Å². The standard InChI is InChI=1S/C17H23N5O2/c1-5-10-24-13-9-7-6-8-12(13)11-18-21-16-19-15(23)14(20-22-16)17(2,3)4/h6-9,11H,5,10H2,1-4H3,(H2,19,21,22,23)/b18-11+. The van der Waals surface area contributed by atoms with Gasteiger partial charge in [0.2, 0.25) is 5.95 Å². The van der Waals surface area contributed by atoms with Crippen molar-refractivity contribution in [1.82, 2.24) is 15.2 Å². The number of anilines is 1. The first-order valence-corrected chi connectivity index (χ1v) is 7.90. The van der Waals surface area contributed by atoms with Crippen LogP contribution in [0.15, 0.2) is 34.2 Å². The lowest BCUT2D eigenvalue weighted by Gasteiger charge is -2.15. The van der Waals surface area contributed by atoms with Crippen LogP contribution in [-0.2, 0) is 5.41 Å². The van der Waals surface area contributed by atoms with Crippen molar-refractivity contribution in [3.05, 3.63) is 45.9 Å². The van der Waals surface area contributed by atoms with Crippen molar-refractivity contribution < 1.29 is 4.74 Å². The van der Waals surface area contributed by atoms with Gasteiger partial charge in [-0.2, -0.15) is 5.10 Å². The zero-order chi connectivity index (χ0) is 17.6. The Hall–Kier alpha value is -2.70. The smallest absolute Gasteiger partial charge is 0.274 e. The lowest BCUT2D eigenvalue weighted by Crippen LogP contribution is -2.28. The molecule has 2 N–H and O–H groups in total. The van der Waals surface area contributed by atoms with E-state index in [2.05, 4.69) is 32.6 Å². The first-order chi connectivity index (χ1) is 11.4. The van der Waals surface area contributed by atoms with E-state index in [0.717, 1.165) is 17.7 Å². The van der Waals surface area contributed by atoms with Crippen LogP contribution < -0.4 is 15.7 Å². The van der Waals surface area contributed by atoms with Gasteiger partial charge >= 0.3 is 0 Å². The third-order valence-corrected chi connectivity index (χ3v) is 3.16. The van der Waals surface area contributed by atoms with Crippen LogP contribution >= 0.6 is 0 Å². The summed E-state index contributed by atoms with van der Waals surface area (Å²) in [5.41, 5.74) is 3.26. The number of hydrazone groups is 1. The van der Waals surface area contributed by atoms with Crippen LogP contribution in [0.3, 0.4) is 0 Å². The maximum absolute atomic E-state index is 12.0. The van der Waals surface area contributed by atoms with Gasteiger partial charge in [-0.3, -0.25) is 9.78 Å². The molecule has 0 saturated carbocycles. The van der Waals surface area contributed by atoms with Gasteiger partial charge in [0, 0.05) is 11.0 Å². The maximum atomic E-state index is 12.0. The van der Waals surface area contributed by atoms with E-state index in [0.29, 0.717) is 12.3 Å². The number of H-pyrrole nitrogens is 1. The molecule has 2 aromatic rings. The molecule has 0 aliphatic rings. The van der Waals surface area contributed by atoms with Crippen molar-refractivity contribution >= 4 is 12.2 Å². The first kappa shape index (κ1) is 17.7. The second-order valence-electron chi connectivity index (χ2n) is 6.36. The summed E-state index contributed by atoms with van der Waals surface area (Å²) in [5, 5.41) is 12.0. The largest absolute Gasteiger partial charge is 0.493 e. The fraction of sp³-hybridized carbons (Fsp3) is 0.412. The molecule has 1 heterocycles. The van der Waals surface area contributed by atoms with Gasteiger partial charge in [0.25, 0.3) is 5.56 Å². The lowest BCUT2D eigenvalue weighted by atomic mass is 9.93. The summed E-state index contributed by atoms with van der Waals surface area (Å²) >= 11 is 0. The summed E-state index contributed by atoms with van der Waals surface area (Å²) in [6.45, 7) is 8.42. The minimum Gasteiger partial charge on any atom is -0.493 e. The van der Waals surface area contributed by atoms with Gasteiger partial charge in [0.1, 0.15) is 11.4 Å². The Morgan fingerprint density at radius 1 is 1.29 bits per heavy atom. The number of hydrogen-bond donors (Lipinski definition) is 2. The van der Waals surface area contributed by atoms with E-state index in [1.165, 1.54) is 0 Å². The van der Waals surface area contributed by atoms with Gasteiger partial charge in [0.05, 0.1) is 12.8 Å². The highest BCUT2D eigenvalue weighted by Crippen LogP contribution is 2.16. The first-order valence-electron chi connectivity index (χ1n) is 7.90. The average molecular weight is 329 g/mol. The highest BCUT2D eigenvalue weighted by atomic mass is 16.5.